The Kier molecular flexibility index (Phi) is 47.6. The molecule has 0 rings (SSSR count). The molecule has 0 spiro atoms. The Balaban J connectivity index is -0.000000258. The fourth-order valence-corrected chi connectivity index (χ4v) is 4.91. The fraction of sp³-hybridized carbons (Fsp3) is 0.882. The first-order chi connectivity index (χ1) is 21.7. The third kappa shape index (κ3) is 51.0. The third-order valence-electron chi connectivity index (χ3n) is 6.24. The molecule has 0 aromatic rings. The number of carbonyl (C=O) groups excluding carboxylic acids is 4. The molecule has 0 aliphatic heterocycles. The number of thiol groups is 2. The van der Waals surface area contributed by atoms with Gasteiger partial charge in [0.05, 0.1) is 11.9 Å². The summed E-state index contributed by atoms with van der Waals surface area (Å²) in [4.78, 5) is 42.0. The van der Waals surface area contributed by atoms with E-state index in [0.717, 1.165) is 72.1 Å². The predicted octanol–water partition coefficient (Wildman–Crippen LogP) is 5.90. The number of hydrogen-bond acceptors (Lipinski definition) is 10. The van der Waals surface area contributed by atoms with E-state index >= 15 is 0 Å². The monoisotopic (exact) mass is 904 g/mol. The van der Waals surface area contributed by atoms with E-state index in [0.29, 0.717) is 38.9 Å². The summed E-state index contributed by atoms with van der Waals surface area (Å²) in [5.74, 6) is -0.684. The van der Waals surface area contributed by atoms with Gasteiger partial charge >= 0.3 is 151 Å². The molecule has 2 atom stereocenters. The third-order valence-corrected chi connectivity index (χ3v) is 8.61. The van der Waals surface area contributed by atoms with Gasteiger partial charge in [0.15, 0.2) is 0 Å². The van der Waals surface area contributed by atoms with E-state index in [-0.39, 0.29) is 11.9 Å². The molecule has 2 unspecified atom stereocenters. The quantitative estimate of drug-likeness (QED) is 0.0531. The van der Waals surface area contributed by atoms with Crippen molar-refractivity contribution >= 4 is 94.2 Å². The number of esters is 2. The number of unbranched alkanes of at least 4 members (excludes halogenated alkanes) is 6. The molecule has 0 aromatic carbocycles. The van der Waals surface area contributed by atoms with Crippen molar-refractivity contribution in [2.75, 3.05) is 13.2 Å². The first-order valence-corrected chi connectivity index (χ1v) is 22.1. The van der Waals surface area contributed by atoms with Gasteiger partial charge in [0.1, 0.15) is 0 Å². The number of ether oxygens (including phenoxy) is 2. The van der Waals surface area contributed by atoms with Gasteiger partial charge in [-0.1, -0.05) is 79.1 Å². The van der Waals surface area contributed by atoms with Gasteiger partial charge < -0.3 is 19.8 Å². The van der Waals surface area contributed by atoms with Crippen LogP contribution in [0.4, 0.5) is 0 Å². The Labute approximate surface area is 319 Å². The van der Waals surface area contributed by atoms with Gasteiger partial charge in [0.25, 0.3) is 0 Å². The van der Waals surface area contributed by atoms with Crippen molar-refractivity contribution in [3.05, 3.63) is 0 Å². The summed E-state index contributed by atoms with van der Waals surface area (Å²) in [6.45, 7) is 14.2. The maximum absolute atomic E-state index is 10.7. The van der Waals surface area contributed by atoms with Gasteiger partial charge in [-0.2, -0.15) is 25.3 Å². The van der Waals surface area contributed by atoms with Gasteiger partial charge in [-0.25, -0.2) is 0 Å². The Hall–Kier alpha value is 0.177. The second kappa shape index (κ2) is 41.3. The van der Waals surface area contributed by atoms with Crippen molar-refractivity contribution < 1.29 is 38.9 Å². The molecule has 264 valence electrons. The summed E-state index contributed by atoms with van der Waals surface area (Å²) in [7, 11) is 0. The van der Waals surface area contributed by atoms with Crippen LogP contribution in [-0.2, 0) is 28.7 Å². The number of carbonyl (C=O) groups is 4. The van der Waals surface area contributed by atoms with Crippen molar-refractivity contribution in [2.24, 2.45) is 11.8 Å². The first-order valence-electron chi connectivity index (χ1n) is 17.1. The number of aliphatic carboxylic acids is 2. The SMILES string of the molecule is CC(C)CCCCCC(S)C(=O)[O-].CC(C)CCCCCC(S)C(=O)[O-].CCCCOC(=O)C[CH2][Sn+3].CCCCOC(=O)C[CH2][Sn+3]. The van der Waals surface area contributed by atoms with Crippen LogP contribution in [0.5, 0.6) is 0 Å². The van der Waals surface area contributed by atoms with Crippen LogP contribution in [-0.4, -0.2) is 92.6 Å². The second-order valence-corrected chi connectivity index (χ2v) is 16.0. The van der Waals surface area contributed by atoms with E-state index in [1.54, 1.807) is 0 Å². The standard InChI is InChI=1S/2C10H20O2S.2C7H13O2.2Sn/c2*1-8(2)6-4-3-5-7-9(13)10(11)12;2*1-3-5-6-9-7(8)4-2;;/h2*8-9,13H,3-7H2,1-2H3,(H,11,12);2*2-6H2,1H3;;/q;;;;2*+3/p-2. The molecule has 0 radical (unpaired) electrons. The molecular formula is C34H64O8S2Sn2+4. The molecule has 8 nitrogen and oxygen atoms in total. The number of rotatable bonds is 24. The van der Waals surface area contributed by atoms with Crippen LogP contribution >= 0.6 is 25.3 Å². The van der Waals surface area contributed by atoms with Gasteiger partial charge in [-0.15, -0.1) is 0 Å². The van der Waals surface area contributed by atoms with Gasteiger partial charge in [0.2, 0.25) is 0 Å². The summed E-state index contributed by atoms with van der Waals surface area (Å²) in [5.41, 5.74) is 0. The molecule has 0 bridgehead atoms. The molecule has 0 amide bonds. The van der Waals surface area contributed by atoms with Crippen LogP contribution in [0.2, 0.25) is 8.87 Å². The van der Waals surface area contributed by atoms with Crippen molar-refractivity contribution in [3.8, 4) is 0 Å². The molecule has 0 saturated carbocycles. The number of carboxylic acid groups (broad SMARTS) is 2. The first kappa shape index (κ1) is 53.0. The normalized spacial score (nSPS) is 11.6. The van der Waals surface area contributed by atoms with Crippen LogP contribution in [0, 0.1) is 11.8 Å². The van der Waals surface area contributed by atoms with Crippen molar-refractivity contribution in [1.29, 1.82) is 0 Å². The topological polar surface area (TPSA) is 133 Å². The van der Waals surface area contributed by atoms with Crippen LogP contribution in [0.1, 0.15) is 144 Å². The molecule has 12 heteroatoms. The van der Waals surface area contributed by atoms with E-state index in [1.807, 2.05) is 0 Å². The molecule has 46 heavy (non-hydrogen) atoms. The van der Waals surface area contributed by atoms with Crippen LogP contribution in [0.3, 0.4) is 0 Å². The second-order valence-electron chi connectivity index (χ2n) is 11.9. The van der Waals surface area contributed by atoms with Crippen molar-refractivity contribution in [3.63, 3.8) is 0 Å². The summed E-state index contributed by atoms with van der Waals surface area (Å²) in [6, 6.07) is 0. The number of hydrogen-bond donors (Lipinski definition) is 2. The van der Waals surface area contributed by atoms with Gasteiger partial charge in [-0.05, 0) is 24.7 Å². The van der Waals surface area contributed by atoms with E-state index < -0.39 is 22.4 Å². The zero-order valence-corrected chi connectivity index (χ0v) is 37.1. The van der Waals surface area contributed by atoms with E-state index in [9.17, 15) is 29.4 Å². The molecule has 0 heterocycles. The molecule has 0 N–H and O–H groups in total. The van der Waals surface area contributed by atoms with Crippen LogP contribution in [0.15, 0.2) is 0 Å². The zero-order valence-electron chi connectivity index (χ0n) is 29.6. The Morgan fingerprint density at radius 3 is 1.11 bits per heavy atom. The summed E-state index contributed by atoms with van der Waals surface area (Å²) >= 11 is 10.6. The molecule has 0 fully saturated rings. The molecular weight excluding hydrogens is 838 g/mol. The summed E-state index contributed by atoms with van der Waals surface area (Å²) in [5, 5.41) is 19.4. The Morgan fingerprint density at radius 2 is 0.870 bits per heavy atom. The average molecular weight is 902 g/mol. The Bertz CT molecular complexity index is 655. The van der Waals surface area contributed by atoms with E-state index in [2.05, 4.69) is 66.8 Å². The Morgan fingerprint density at radius 1 is 0.565 bits per heavy atom. The molecule has 0 saturated heterocycles. The van der Waals surface area contributed by atoms with Crippen LogP contribution in [0.25, 0.3) is 0 Å². The summed E-state index contributed by atoms with van der Waals surface area (Å²) < 4.78 is 11.7. The predicted molar refractivity (Wildman–Crippen MR) is 193 cm³/mol. The number of carboxylic acids is 2. The van der Waals surface area contributed by atoms with Crippen molar-refractivity contribution in [1.82, 2.24) is 0 Å². The minimum atomic E-state index is -1.05. The van der Waals surface area contributed by atoms with E-state index in [4.69, 9.17) is 9.47 Å². The minimum absolute atomic E-state index is 0.0368. The zero-order chi connectivity index (χ0) is 36.2. The molecule has 0 aliphatic carbocycles. The van der Waals surface area contributed by atoms with Crippen LogP contribution < -0.4 is 10.2 Å². The van der Waals surface area contributed by atoms with E-state index in [1.165, 1.54) is 70.7 Å². The molecule has 0 aromatic heterocycles. The summed E-state index contributed by atoms with van der Waals surface area (Å²) in [6.07, 6.45) is 15.5. The van der Waals surface area contributed by atoms with Crippen molar-refractivity contribution in [2.45, 2.75) is 164 Å². The fourth-order valence-electron chi connectivity index (χ4n) is 3.38. The van der Waals surface area contributed by atoms with Gasteiger partial charge in [-0.3, -0.25) is 0 Å². The maximum atomic E-state index is 10.7. The molecule has 0 aliphatic rings. The van der Waals surface area contributed by atoms with Gasteiger partial charge in [0, 0.05) is 10.5 Å². The average Bonchev–Trinajstić information content (AvgIpc) is 2.98.